The van der Waals surface area contributed by atoms with Crippen LogP contribution in [0.5, 0.6) is 5.75 Å². The van der Waals surface area contributed by atoms with Crippen LogP contribution in [0.15, 0.2) is 53.1 Å². The minimum absolute atomic E-state index is 0. The van der Waals surface area contributed by atoms with Crippen LogP contribution in [0.2, 0.25) is 0 Å². The van der Waals surface area contributed by atoms with E-state index < -0.39 is 11.9 Å². The van der Waals surface area contributed by atoms with Crippen LogP contribution in [0, 0.1) is 5.41 Å². The van der Waals surface area contributed by atoms with Crippen molar-refractivity contribution >= 4 is 47.4 Å². The van der Waals surface area contributed by atoms with Crippen molar-refractivity contribution in [2.24, 2.45) is 5.73 Å². The van der Waals surface area contributed by atoms with E-state index >= 15 is 0 Å². The van der Waals surface area contributed by atoms with Crippen molar-refractivity contribution < 1.29 is 19.1 Å². The molecule has 7 nitrogen and oxygen atoms in total. The quantitative estimate of drug-likeness (QED) is 0.285. The first kappa shape index (κ1) is 25.5. The first-order valence-electron chi connectivity index (χ1n) is 10.0. The van der Waals surface area contributed by atoms with Gasteiger partial charge in [0.2, 0.25) is 0 Å². The summed E-state index contributed by atoms with van der Waals surface area (Å²) in [5, 5.41) is 22.4. The summed E-state index contributed by atoms with van der Waals surface area (Å²) < 4.78 is 11.5. The first-order valence-corrected chi connectivity index (χ1v) is 10.0. The molecule has 1 aliphatic rings. The Balaban J connectivity index is 0.00000181. The van der Waals surface area contributed by atoms with Gasteiger partial charge in [-0.15, -0.1) is 24.8 Å². The van der Waals surface area contributed by atoms with Crippen molar-refractivity contribution in [3.05, 3.63) is 65.6 Å². The van der Waals surface area contributed by atoms with Gasteiger partial charge in [0.15, 0.2) is 0 Å². The zero-order chi connectivity index (χ0) is 21.1. The third kappa shape index (κ3) is 5.73. The molecular formula is C23H27Cl2N3O4. The lowest BCUT2D eigenvalue weighted by Crippen LogP contribution is -2.28. The van der Waals surface area contributed by atoms with Crippen molar-refractivity contribution in [2.45, 2.75) is 31.2 Å². The number of benzene rings is 2. The molecule has 0 amide bonds. The second-order valence-electron chi connectivity index (χ2n) is 7.64. The van der Waals surface area contributed by atoms with Crippen LogP contribution in [0.3, 0.4) is 0 Å². The van der Waals surface area contributed by atoms with Crippen LogP contribution < -0.4 is 15.8 Å². The summed E-state index contributed by atoms with van der Waals surface area (Å²) in [5.41, 5.74) is 6.84. The monoisotopic (exact) mass is 479 g/mol. The SMILES string of the molecule is Cl.Cl.N=C(N)c1ccc2c(CC(C(=O)O)c3ccc(OC[C@@H]4CCCN4)cc3)occ2c1. The number of halogens is 2. The van der Waals surface area contributed by atoms with E-state index in [0.717, 1.165) is 29.5 Å². The minimum Gasteiger partial charge on any atom is -0.492 e. The molecule has 0 bridgehead atoms. The number of hydrogen-bond donors (Lipinski definition) is 4. The molecule has 4 rings (SSSR count). The molecule has 1 fully saturated rings. The Morgan fingerprint density at radius 3 is 2.62 bits per heavy atom. The maximum absolute atomic E-state index is 12.0. The van der Waals surface area contributed by atoms with Crippen LogP contribution in [0.25, 0.3) is 10.8 Å². The molecule has 5 N–H and O–H groups in total. The van der Waals surface area contributed by atoms with Crippen LogP contribution in [-0.4, -0.2) is 36.1 Å². The zero-order valence-corrected chi connectivity index (χ0v) is 19.0. The van der Waals surface area contributed by atoms with E-state index in [-0.39, 0.29) is 37.1 Å². The number of rotatable bonds is 8. The number of nitrogens with two attached hydrogens (primary N) is 1. The van der Waals surface area contributed by atoms with E-state index in [1.165, 1.54) is 6.42 Å². The van der Waals surface area contributed by atoms with Crippen LogP contribution in [0.1, 0.15) is 35.6 Å². The Morgan fingerprint density at radius 2 is 2.00 bits per heavy atom. The number of furan rings is 1. The molecule has 1 aliphatic heterocycles. The summed E-state index contributed by atoms with van der Waals surface area (Å²) in [4.78, 5) is 12.0. The number of aliphatic carboxylic acids is 1. The number of ether oxygens (including phenoxy) is 1. The molecule has 0 aliphatic carbocycles. The van der Waals surface area contributed by atoms with Gasteiger partial charge in [-0.1, -0.05) is 24.3 Å². The largest absolute Gasteiger partial charge is 0.492 e. The summed E-state index contributed by atoms with van der Waals surface area (Å²) in [7, 11) is 0. The van der Waals surface area contributed by atoms with Crippen LogP contribution >= 0.6 is 24.8 Å². The van der Waals surface area contributed by atoms with Gasteiger partial charge in [-0.05, 0) is 43.1 Å². The Hall–Kier alpha value is -2.74. The molecule has 2 heterocycles. The highest BCUT2D eigenvalue weighted by molar-refractivity contribution is 5.99. The molecule has 2 atom stereocenters. The molecular weight excluding hydrogens is 453 g/mol. The Morgan fingerprint density at radius 1 is 1.25 bits per heavy atom. The average molecular weight is 480 g/mol. The molecule has 0 radical (unpaired) electrons. The van der Waals surface area contributed by atoms with E-state index in [1.54, 1.807) is 30.5 Å². The lowest BCUT2D eigenvalue weighted by atomic mass is 9.93. The zero-order valence-electron chi connectivity index (χ0n) is 17.4. The van der Waals surface area contributed by atoms with Gasteiger partial charge < -0.3 is 25.3 Å². The Bertz CT molecular complexity index is 1060. The molecule has 32 heavy (non-hydrogen) atoms. The number of hydrogen-bond acceptors (Lipinski definition) is 5. The fourth-order valence-electron chi connectivity index (χ4n) is 3.86. The number of carboxylic acid groups (broad SMARTS) is 1. The van der Waals surface area contributed by atoms with Gasteiger partial charge in [0, 0.05) is 28.8 Å². The molecule has 0 saturated carbocycles. The minimum atomic E-state index is -0.913. The fourth-order valence-corrected chi connectivity index (χ4v) is 3.86. The highest BCUT2D eigenvalue weighted by Gasteiger charge is 2.23. The van der Waals surface area contributed by atoms with Gasteiger partial charge in [0.25, 0.3) is 0 Å². The van der Waals surface area contributed by atoms with E-state index in [1.807, 2.05) is 18.2 Å². The third-order valence-electron chi connectivity index (χ3n) is 5.57. The number of carbonyl (C=O) groups is 1. The molecule has 9 heteroatoms. The van der Waals surface area contributed by atoms with E-state index in [2.05, 4.69) is 5.32 Å². The predicted octanol–water partition coefficient (Wildman–Crippen LogP) is 4.10. The van der Waals surface area contributed by atoms with Crippen LogP contribution in [-0.2, 0) is 11.2 Å². The molecule has 0 spiro atoms. The fraction of sp³-hybridized carbons (Fsp3) is 0.304. The van der Waals surface area contributed by atoms with Gasteiger partial charge in [-0.25, -0.2) is 0 Å². The van der Waals surface area contributed by atoms with E-state index in [9.17, 15) is 9.90 Å². The molecule has 2 aromatic carbocycles. The lowest BCUT2D eigenvalue weighted by Gasteiger charge is -2.14. The number of carboxylic acids is 1. The molecule has 1 saturated heterocycles. The van der Waals surface area contributed by atoms with Crippen LogP contribution in [0.4, 0.5) is 0 Å². The number of nitrogens with one attached hydrogen (secondary N) is 2. The molecule has 1 aromatic heterocycles. The molecule has 172 valence electrons. The Kier molecular flexibility index (Phi) is 8.95. The van der Waals surface area contributed by atoms with Gasteiger partial charge in [0.1, 0.15) is 24.0 Å². The second-order valence-corrected chi connectivity index (χ2v) is 7.64. The smallest absolute Gasteiger partial charge is 0.311 e. The highest BCUT2D eigenvalue weighted by Crippen LogP contribution is 2.29. The van der Waals surface area contributed by atoms with Crippen molar-refractivity contribution in [3.63, 3.8) is 0 Å². The molecule has 3 aromatic rings. The highest BCUT2D eigenvalue weighted by atomic mass is 35.5. The van der Waals surface area contributed by atoms with E-state index in [4.69, 9.17) is 20.3 Å². The van der Waals surface area contributed by atoms with Crippen molar-refractivity contribution in [1.82, 2.24) is 5.32 Å². The van der Waals surface area contributed by atoms with Gasteiger partial charge in [0.05, 0.1) is 12.2 Å². The van der Waals surface area contributed by atoms with Crippen molar-refractivity contribution in [3.8, 4) is 5.75 Å². The summed E-state index contributed by atoms with van der Waals surface area (Å²) in [6.45, 7) is 1.65. The number of nitrogen functional groups attached to an aromatic ring is 1. The molecule has 1 unspecified atom stereocenters. The first-order chi connectivity index (χ1) is 14.5. The standard InChI is InChI=1S/C23H25N3O4.2ClH/c24-22(25)15-5-8-19-16(10-15)12-30-21(19)11-20(23(27)28)14-3-6-18(7-4-14)29-13-17-2-1-9-26-17;;/h3-8,10,12,17,20,26H,1-2,9,11,13H2,(H3,24,25)(H,27,28);2*1H/t17-,20?;;/m0../s1. The number of fused-ring (bicyclic) bond motifs is 1. The summed E-state index contributed by atoms with van der Waals surface area (Å²) in [6, 6.07) is 12.9. The van der Waals surface area contributed by atoms with Gasteiger partial charge in [-0.2, -0.15) is 0 Å². The maximum atomic E-state index is 12.0. The normalized spacial score (nSPS) is 16.1. The Labute approximate surface area is 198 Å². The van der Waals surface area contributed by atoms with Crippen molar-refractivity contribution in [1.29, 1.82) is 5.41 Å². The predicted molar refractivity (Wildman–Crippen MR) is 129 cm³/mol. The average Bonchev–Trinajstić information content (AvgIpc) is 3.40. The summed E-state index contributed by atoms with van der Waals surface area (Å²) in [6.07, 6.45) is 4.09. The lowest BCUT2D eigenvalue weighted by molar-refractivity contribution is -0.138. The van der Waals surface area contributed by atoms with Gasteiger partial charge >= 0.3 is 5.97 Å². The summed E-state index contributed by atoms with van der Waals surface area (Å²) >= 11 is 0. The van der Waals surface area contributed by atoms with Crippen molar-refractivity contribution in [2.75, 3.05) is 13.2 Å². The number of amidine groups is 1. The van der Waals surface area contributed by atoms with Gasteiger partial charge in [-0.3, -0.25) is 10.2 Å². The second kappa shape index (κ2) is 11.2. The van der Waals surface area contributed by atoms with E-state index in [0.29, 0.717) is 29.5 Å². The third-order valence-corrected chi connectivity index (χ3v) is 5.57. The maximum Gasteiger partial charge on any atom is 0.311 e. The topological polar surface area (TPSA) is 122 Å². The summed E-state index contributed by atoms with van der Waals surface area (Å²) in [5.74, 6) is -0.341.